The van der Waals surface area contributed by atoms with E-state index in [0.29, 0.717) is 6.42 Å². The summed E-state index contributed by atoms with van der Waals surface area (Å²) in [5.74, 6) is 0.227. The van der Waals surface area contributed by atoms with Crippen LogP contribution < -0.4 is 5.73 Å². The van der Waals surface area contributed by atoms with Crippen molar-refractivity contribution in [2.45, 2.75) is 51.6 Å². The van der Waals surface area contributed by atoms with Crippen molar-refractivity contribution in [2.75, 3.05) is 26.7 Å². The minimum absolute atomic E-state index is 0.227. The molecule has 1 aliphatic rings. The third-order valence-electron chi connectivity index (χ3n) is 4.62. The molecule has 23 heavy (non-hydrogen) atoms. The summed E-state index contributed by atoms with van der Waals surface area (Å²) in [6.45, 7) is 5.93. The molecule has 2 N–H and O–H groups in total. The van der Waals surface area contributed by atoms with Crippen LogP contribution in [0.2, 0.25) is 0 Å². The molecule has 1 aliphatic heterocycles. The molecule has 1 heterocycles. The topological polar surface area (TPSA) is 49.6 Å². The van der Waals surface area contributed by atoms with Crippen molar-refractivity contribution in [3.05, 3.63) is 35.4 Å². The first-order chi connectivity index (χ1) is 11.1. The highest BCUT2D eigenvalue weighted by atomic mass is 16.2. The van der Waals surface area contributed by atoms with Crippen LogP contribution in [-0.2, 0) is 17.8 Å². The predicted octanol–water partition coefficient (Wildman–Crippen LogP) is 2.41. The van der Waals surface area contributed by atoms with Crippen molar-refractivity contribution in [1.82, 2.24) is 9.80 Å². The molecule has 0 unspecified atom stereocenters. The molecule has 1 saturated heterocycles. The van der Waals surface area contributed by atoms with Gasteiger partial charge in [0.05, 0.1) is 6.42 Å². The molecule has 1 amide bonds. The zero-order valence-electron chi connectivity index (χ0n) is 14.6. The number of amides is 1. The van der Waals surface area contributed by atoms with Gasteiger partial charge in [-0.05, 0) is 44.0 Å². The maximum atomic E-state index is 12.3. The highest BCUT2D eigenvalue weighted by molar-refractivity contribution is 5.78. The van der Waals surface area contributed by atoms with Gasteiger partial charge in [0.25, 0.3) is 0 Å². The second-order valence-electron chi connectivity index (χ2n) is 6.80. The normalized spacial score (nSPS) is 16.1. The maximum absolute atomic E-state index is 12.3. The first kappa shape index (κ1) is 18.0. The summed E-state index contributed by atoms with van der Waals surface area (Å²) in [7, 11) is 2.16. The fourth-order valence-corrected chi connectivity index (χ4v) is 3.02. The molecule has 128 valence electrons. The van der Waals surface area contributed by atoms with Gasteiger partial charge in [0, 0.05) is 25.7 Å². The summed E-state index contributed by atoms with van der Waals surface area (Å²) in [5.41, 5.74) is 8.31. The lowest BCUT2D eigenvalue weighted by Gasteiger charge is -2.30. The van der Waals surface area contributed by atoms with Crippen LogP contribution in [0.3, 0.4) is 0 Å². The SMILES string of the molecule is CCCCN(C)Cc1ccc(CC(=O)N2CCC(N)CC2)cc1. The number of hydrogen-bond donors (Lipinski definition) is 1. The Hall–Kier alpha value is -1.39. The molecule has 0 atom stereocenters. The van der Waals surface area contributed by atoms with Crippen molar-refractivity contribution in [3.8, 4) is 0 Å². The van der Waals surface area contributed by atoms with E-state index in [-0.39, 0.29) is 11.9 Å². The molecular weight excluding hydrogens is 286 g/mol. The number of likely N-dealkylation sites (tertiary alicyclic amines) is 1. The molecule has 1 fully saturated rings. The summed E-state index contributed by atoms with van der Waals surface area (Å²) in [5, 5.41) is 0. The van der Waals surface area contributed by atoms with E-state index in [1.165, 1.54) is 18.4 Å². The fraction of sp³-hybridized carbons (Fsp3) is 0.632. The van der Waals surface area contributed by atoms with Crippen LogP contribution in [-0.4, -0.2) is 48.4 Å². The van der Waals surface area contributed by atoms with E-state index in [1.807, 2.05) is 4.90 Å². The quantitative estimate of drug-likeness (QED) is 0.840. The lowest BCUT2D eigenvalue weighted by Crippen LogP contribution is -2.43. The molecule has 0 radical (unpaired) electrons. The molecule has 1 aromatic rings. The Kier molecular flexibility index (Phi) is 7.06. The third kappa shape index (κ3) is 5.96. The number of carbonyl (C=O) groups excluding carboxylic acids is 1. The first-order valence-electron chi connectivity index (χ1n) is 8.88. The minimum atomic E-state index is 0.227. The lowest BCUT2D eigenvalue weighted by molar-refractivity contribution is -0.131. The van der Waals surface area contributed by atoms with Crippen LogP contribution in [0.15, 0.2) is 24.3 Å². The van der Waals surface area contributed by atoms with E-state index in [1.54, 1.807) is 0 Å². The highest BCUT2D eigenvalue weighted by Gasteiger charge is 2.20. The van der Waals surface area contributed by atoms with E-state index < -0.39 is 0 Å². The van der Waals surface area contributed by atoms with E-state index in [2.05, 4.69) is 43.1 Å². The van der Waals surface area contributed by atoms with E-state index in [4.69, 9.17) is 5.73 Å². The number of benzene rings is 1. The van der Waals surface area contributed by atoms with Crippen molar-refractivity contribution in [2.24, 2.45) is 5.73 Å². The van der Waals surface area contributed by atoms with Gasteiger partial charge in [0.15, 0.2) is 0 Å². The van der Waals surface area contributed by atoms with Crippen molar-refractivity contribution >= 4 is 5.91 Å². The van der Waals surface area contributed by atoms with E-state index >= 15 is 0 Å². The molecule has 0 bridgehead atoms. The number of nitrogens with two attached hydrogens (primary N) is 1. The second-order valence-corrected chi connectivity index (χ2v) is 6.80. The Bertz CT molecular complexity index is 478. The van der Waals surface area contributed by atoms with Crippen molar-refractivity contribution < 1.29 is 4.79 Å². The number of unbranched alkanes of at least 4 members (excludes halogenated alkanes) is 1. The van der Waals surface area contributed by atoms with Crippen LogP contribution >= 0.6 is 0 Å². The van der Waals surface area contributed by atoms with E-state index in [9.17, 15) is 4.79 Å². The van der Waals surface area contributed by atoms with Gasteiger partial charge >= 0.3 is 0 Å². The van der Waals surface area contributed by atoms with Gasteiger partial charge < -0.3 is 15.5 Å². The van der Waals surface area contributed by atoms with Crippen LogP contribution in [0.1, 0.15) is 43.7 Å². The van der Waals surface area contributed by atoms with Crippen LogP contribution in [0.25, 0.3) is 0 Å². The van der Waals surface area contributed by atoms with Crippen LogP contribution in [0.4, 0.5) is 0 Å². The summed E-state index contributed by atoms with van der Waals surface area (Å²) in [6.07, 6.45) is 4.82. The number of rotatable bonds is 7. The lowest BCUT2D eigenvalue weighted by atomic mass is 10.0. The molecular formula is C19H31N3O. The molecule has 2 rings (SSSR count). The average Bonchev–Trinajstić information content (AvgIpc) is 2.55. The summed E-state index contributed by atoms with van der Waals surface area (Å²) < 4.78 is 0. The Balaban J connectivity index is 1.81. The van der Waals surface area contributed by atoms with Gasteiger partial charge in [-0.3, -0.25) is 4.79 Å². The molecule has 4 nitrogen and oxygen atoms in total. The smallest absolute Gasteiger partial charge is 0.226 e. The van der Waals surface area contributed by atoms with Crippen LogP contribution in [0, 0.1) is 0 Å². The highest BCUT2D eigenvalue weighted by Crippen LogP contribution is 2.12. The number of hydrogen-bond acceptors (Lipinski definition) is 3. The van der Waals surface area contributed by atoms with Crippen LogP contribution in [0.5, 0.6) is 0 Å². The van der Waals surface area contributed by atoms with Gasteiger partial charge in [0.2, 0.25) is 5.91 Å². The monoisotopic (exact) mass is 317 g/mol. The molecule has 0 aromatic heterocycles. The third-order valence-corrected chi connectivity index (χ3v) is 4.62. The average molecular weight is 317 g/mol. The number of carbonyl (C=O) groups is 1. The Morgan fingerprint density at radius 2 is 1.83 bits per heavy atom. The van der Waals surface area contributed by atoms with Gasteiger partial charge in [0.1, 0.15) is 0 Å². The number of piperidine rings is 1. The Morgan fingerprint density at radius 3 is 2.43 bits per heavy atom. The first-order valence-corrected chi connectivity index (χ1v) is 8.88. The standard InChI is InChI=1S/C19H31N3O/c1-3-4-11-21(2)15-17-7-5-16(6-8-17)14-19(23)22-12-9-18(20)10-13-22/h5-8,18H,3-4,9-15,20H2,1-2H3. The molecule has 0 aliphatic carbocycles. The van der Waals surface area contributed by atoms with Gasteiger partial charge in [-0.2, -0.15) is 0 Å². The minimum Gasteiger partial charge on any atom is -0.342 e. The second kappa shape index (κ2) is 9.04. The molecule has 1 aromatic carbocycles. The summed E-state index contributed by atoms with van der Waals surface area (Å²) in [6, 6.07) is 8.75. The summed E-state index contributed by atoms with van der Waals surface area (Å²) in [4.78, 5) is 16.6. The Morgan fingerprint density at radius 1 is 1.22 bits per heavy atom. The largest absolute Gasteiger partial charge is 0.342 e. The predicted molar refractivity (Wildman–Crippen MR) is 95.2 cm³/mol. The molecule has 4 heteroatoms. The maximum Gasteiger partial charge on any atom is 0.226 e. The van der Waals surface area contributed by atoms with E-state index in [0.717, 1.165) is 44.6 Å². The van der Waals surface area contributed by atoms with Gasteiger partial charge in [-0.1, -0.05) is 37.6 Å². The van der Waals surface area contributed by atoms with Gasteiger partial charge in [-0.15, -0.1) is 0 Å². The zero-order chi connectivity index (χ0) is 16.7. The van der Waals surface area contributed by atoms with Gasteiger partial charge in [-0.25, -0.2) is 0 Å². The molecule has 0 spiro atoms. The Labute approximate surface area is 140 Å². The zero-order valence-corrected chi connectivity index (χ0v) is 14.6. The van der Waals surface area contributed by atoms with Crippen molar-refractivity contribution in [1.29, 1.82) is 0 Å². The number of nitrogens with zero attached hydrogens (tertiary/aromatic N) is 2. The van der Waals surface area contributed by atoms with Crippen molar-refractivity contribution in [3.63, 3.8) is 0 Å². The summed E-state index contributed by atoms with van der Waals surface area (Å²) >= 11 is 0. The fourth-order valence-electron chi connectivity index (χ4n) is 3.02. The molecule has 0 saturated carbocycles.